The number of hydrogen-bond acceptors (Lipinski definition) is 3. The molecule has 24 heavy (non-hydrogen) atoms. The van der Waals surface area contributed by atoms with Crippen molar-refractivity contribution in [2.24, 2.45) is 0 Å². The summed E-state index contributed by atoms with van der Waals surface area (Å²) in [7, 11) is 1.35. The Kier molecular flexibility index (Phi) is 6.12. The number of anilines is 1. The van der Waals surface area contributed by atoms with E-state index in [4.69, 9.17) is 4.74 Å². The molecule has 128 valence electrons. The number of carbonyl (C=O) groups is 1. The Morgan fingerprint density at radius 3 is 2.46 bits per heavy atom. The number of hydrogen-bond donors (Lipinski definition) is 1. The minimum atomic E-state index is -2.97. The number of amides is 1. The summed E-state index contributed by atoms with van der Waals surface area (Å²) in [6, 6.07) is 14.0. The zero-order valence-corrected chi connectivity index (χ0v) is 13.5. The van der Waals surface area contributed by atoms with Gasteiger partial charge in [0.1, 0.15) is 0 Å². The van der Waals surface area contributed by atoms with Gasteiger partial charge >= 0.3 is 6.61 Å². The topological polar surface area (TPSA) is 47.6 Å². The highest BCUT2D eigenvalue weighted by Gasteiger charge is 2.14. The van der Waals surface area contributed by atoms with E-state index in [-0.39, 0.29) is 29.7 Å². The van der Waals surface area contributed by atoms with Gasteiger partial charge < -0.3 is 14.8 Å². The van der Waals surface area contributed by atoms with Crippen LogP contribution in [0.3, 0.4) is 0 Å². The van der Waals surface area contributed by atoms with E-state index < -0.39 is 6.61 Å². The monoisotopic (exact) mass is 335 g/mol. The van der Waals surface area contributed by atoms with Gasteiger partial charge in [0.25, 0.3) is 0 Å². The zero-order chi connectivity index (χ0) is 17.5. The van der Waals surface area contributed by atoms with Crippen LogP contribution < -0.4 is 14.8 Å². The number of rotatable bonds is 7. The summed E-state index contributed by atoms with van der Waals surface area (Å²) in [4.78, 5) is 12.2. The Morgan fingerprint density at radius 2 is 1.83 bits per heavy atom. The van der Waals surface area contributed by atoms with Gasteiger partial charge in [-0.05, 0) is 23.6 Å². The second kappa shape index (κ2) is 8.29. The van der Waals surface area contributed by atoms with Crippen LogP contribution in [0.25, 0.3) is 0 Å². The van der Waals surface area contributed by atoms with Gasteiger partial charge in [0.2, 0.25) is 5.91 Å². The third-order valence-corrected chi connectivity index (χ3v) is 3.52. The molecule has 0 aliphatic carbocycles. The van der Waals surface area contributed by atoms with Gasteiger partial charge in [-0.15, -0.1) is 0 Å². The van der Waals surface area contributed by atoms with Gasteiger partial charge in [-0.1, -0.05) is 37.3 Å². The molecule has 0 unspecified atom stereocenters. The minimum absolute atomic E-state index is 0.0428. The summed E-state index contributed by atoms with van der Waals surface area (Å²) in [5.74, 6) is -0.117. The van der Waals surface area contributed by atoms with Crippen molar-refractivity contribution in [3.05, 3.63) is 54.1 Å². The standard InChI is InChI=1S/C18H19F2NO3/c1-12(13-6-4-3-5-7-13)10-17(22)21-14-8-9-15(23-2)16(11-14)24-18(19)20/h3-9,11-12,18H,10H2,1-2H3,(H,21,22)/t12-/m0/s1. The normalized spacial score (nSPS) is 11.9. The number of benzene rings is 2. The molecular weight excluding hydrogens is 316 g/mol. The van der Waals surface area contributed by atoms with Crippen molar-refractivity contribution in [3.8, 4) is 11.5 Å². The van der Waals surface area contributed by atoms with E-state index in [0.717, 1.165) is 5.56 Å². The molecule has 2 aromatic carbocycles. The molecule has 1 N–H and O–H groups in total. The Morgan fingerprint density at radius 1 is 1.12 bits per heavy atom. The molecule has 0 aliphatic rings. The molecule has 1 amide bonds. The summed E-state index contributed by atoms with van der Waals surface area (Å²) >= 11 is 0. The molecule has 0 bridgehead atoms. The predicted octanol–water partition coefficient (Wildman–Crippen LogP) is 4.43. The fraction of sp³-hybridized carbons (Fsp3) is 0.278. The second-order valence-corrected chi connectivity index (χ2v) is 5.31. The van der Waals surface area contributed by atoms with Crippen LogP contribution in [-0.2, 0) is 4.79 Å². The Hall–Kier alpha value is -2.63. The van der Waals surface area contributed by atoms with Crippen molar-refractivity contribution >= 4 is 11.6 Å². The molecule has 2 rings (SSSR count). The molecule has 0 aromatic heterocycles. The Balaban J connectivity index is 2.03. The van der Waals surface area contributed by atoms with Crippen molar-refractivity contribution in [1.29, 1.82) is 0 Å². The van der Waals surface area contributed by atoms with Crippen LogP contribution in [0.15, 0.2) is 48.5 Å². The fourth-order valence-electron chi connectivity index (χ4n) is 2.33. The van der Waals surface area contributed by atoms with Crippen LogP contribution >= 0.6 is 0 Å². The average molecular weight is 335 g/mol. The average Bonchev–Trinajstić information content (AvgIpc) is 2.55. The van der Waals surface area contributed by atoms with Crippen molar-refractivity contribution in [1.82, 2.24) is 0 Å². The highest BCUT2D eigenvalue weighted by atomic mass is 19.3. The second-order valence-electron chi connectivity index (χ2n) is 5.31. The number of alkyl halides is 2. The lowest BCUT2D eigenvalue weighted by Gasteiger charge is -2.14. The molecular formula is C18H19F2NO3. The molecule has 0 fully saturated rings. The molecule has 0 saturated heterocycles. The first-order chi connectivity index (χ1) is 11.5. The smallest absolute Gasteiger partial charge is 0.387 e. The van der Waals surface area contributed by atoms with E-state index in [2.05, 4.69) is 10.1 Å². The molecule has 1 atom stereocenters. The van der Waals surface area contributed by atoms with Crippen LogP contribution in [0.4, 0.5) is 14.5 Å². The number of ether oxygens (including phenoxy) is 2. The van der Waals surface area contributed by atoms with Crippen LogP contribution in [0.5, 0.6) is 11.5 Å². The molecule has 0 radical (unpaired) electrons. The van der Waals surface area contributed by atoms with E-state index in [1.807, 2.05) is 37.3 Å². The van der Waals surface area contributed by atoms with Crippen LogP contribution in [0.2, 0.25) is 0 Å². The summed E-state index contributed by atoms with van der Waals surface area (Å²) in [5.41, 5.74) is 1.43. The van der Waals surface area contributed by atoms with E-state index >= 15 is 0 Å². The van der Waals surface area contributed by atoms with E-state index in [0.29, 0.717) is 5.69 Å². The lowest BCUT2D eigenvalue weighted by Crippen LogP contribution is -2.14. The molecule has 6 heteroatoms. The lowest BCUT2D eigenvalue weighted by molar-refractivity contribution is -0.116. The molecule has 0 saturated carbocycles. The first-order valence-electron chi connectivity index (χ1n) is 7.47. The number of carbonyl (C=O) groups excluding carboxylic acids is 1. The maximum atomic E-state index is 12.4. The summed E-state index contributed by atoms with van der Waals surface area (Å²) in [6.07, 6.45) is 0.279. The lowest BCUT2D eigenvalue weighted by atomic mass is 9.97. The first kappa shape index (κ1) is 17.7. The molecule has 2 aromatic rings. The van der Waals surface area contributed by atoms with Gasteiger partial charge in [0.05, 0.1) is 7.11 Å². The number of methoxy groups -OCH3 is 1. The van der Waals surface area contributed by atoms with Crippen molar-refractivity contribution in [3.63, 3.8) is 0 Å². The molecule has 4 nitrogen and oxygen atoms in total. The van der Waals surface area contributed by atoms with Crippen LogP contribution in [0.1, 0.15) is 24.8 Å². The first-order valence-corrected chi connectivity index (χ1v) is 7.47. The number of nitrogens with one attached hydrogen (secondary N) is 1. The molecule has 0 spiro atoms. The van der Waals surface area contributed by atoms with E-state index in [1.54, 1.807) is 6.07 Å². The zero-order valence-electron chi connectivity index (χ0n) is 13.5. The molecule has 0 aliphatic heterocycles. The Bertz CT molecular complexity index is 677. The van der Waals surface area contributed by atoms with Gasteiger partial charge in [-0.2, -0.15) is 8.78 Å². The van der Waals surface area contributed by atoms with Crippen molar-refractivity contribution < 1.29 is 23.0 Å². The minimum Gasteiger partial charge on any atom is -0.493 e. The van der Waals surface area contributed by atoms with Gasteiger partial charge in [0.15, 0.2) is 11.5 Å². The van der Waals surface area contributed by atoms with E-state index in [9.17, 15) is 13.6 Å². The van der Waals surface area contributed by atoms with Gasteiger partial charge in [-0.25, -0.2) is 0 Å². The quantitative estimate of drug-likeness (QED) is 0.814. The maximum absolute atomic E-state index is 12.4. The van der Waals surface area contributed by atoms with Crippen LogP contribution in [-0.4, -0.2) is 19.6 Å². The summed E-state index contributed by atoms with van der Waals surface area (Å²) in [6.45, 7) is -1.02. The third kappa shape index (κ3) is 4.94. The summed E-state index contributed by atoms with van der Waals surface area (Å²) < 4.78 is 34.2. The number of halogens is 2. The maximum Gasteiger partial charge on any atom is 0.387 e. The third-order valence-electron chi connectivity index (χ3n) is 3.52. The highest BCUT2D eigenvalue weighted by Crippen LogP contribution is 2.31. The van der Waals surface area contributed by atoms with Gasteiger partial charge in [0, 0.05) is 18.2 Å². The fourth-order valence-corrected chi connectivity index (χ4v) is 2.33. The molecule has 0 heterocycles. The summed E-state index contributed by atoms with van der Waals surface area (Å²) in [5, 5.41) is 2.69. The van der Waals surface area contributed by atoms with Crippen molar-refractivity contribution in [2.75, 3.05) is 12.4 Å². The van der Waals surface area contributed by atoms with Crippen LogP contribution in [0, 0.1) is 0 Å². The van der Waals surface area contributed by atoms with Crippen molar-refractivity contribution in [2.45, 2.75) is 25.9 Å². The highest BCUT2D eigenvalue weighted by molar-refractivity contribution is 5.91. The predicted molar refractivity (Wildman–Crippen MR) is 87.7 cm³/mol. The largest absolute Gasteiger partial charge is 0.493 e. The van der Waals surface area contributed by atoms with Gasteiger partial charge in [-0.3, -0.25) is 4.79 Å². The Labute approximate surface area is 139 Å². The van der Waals surface area contributed by atoms with E-state index in [1.165, 1.54) is 19.2 Å². The SMILES string of the molecule is COc1ccc(NC(=O)C[C@H](C)c2ccccc2)cc1OC(F)F.